The molecule has 0 bridgehead atoms. The fourth-order valence-electron chi connectivity index (χ4n) is 5.82. The molecule has 2 heterocycles. The minimum Gasteiger partial charge on any atom is -0.490 e. The molecule has 2 aromatic rings. The lowest BCUT2D eigenvalue weighted by Gasteiger charge is -2.41. The number of hydrogen-bond donors (Lipinski definition) is 3. The van der Waals surface area contributed by atoms with E-state index in [0.717, 1.165) is 44.2 Å². The number of rotatable bonds is 7. The van der Waals surface area contributed by atoms with Crippen molar-refractivity contribution in [3.05, 3.63) is 45.4 Å². The third kappa shape index (κ3) is 5.98. The molecule has 1 aliphatic heterocycles. The highest BCUT2D eigenvalue weighted by Crippen LogP contribution is 2.40. The molecule has 1 atom stereocenters. The van der Waals surface area contributed by atoms with Gasteiger partial charge in [-0.15, -0.1) is 0 Å². The minimum atomic E-state index is -1.07. The number of pyridine rings is 1. The number of aliphatic carboxylic acids is 1. The smallest absolute Gasteiger partial charge is 0.309 e. The van der Waals surface area contributed by atoms with Gasteiger partial charge in [-0.1, -0.05) is 31.7 Å². The Labute approximate surface area is 229 Å². The van der Waals surface area contributed by atoms with Gasteiger partial charge in [-0.05, 0) is 63.8 Å². The van der Waals surface area contributed by atoms with Crippen LogP contribution in [-0.2, 0) is 18.3 Å². The lowest BCUT2D eigenvalue weighted by molar-refractivity contribution is -0.136. The van der Waals surface area contributed by atoms with Gasteiger partial charge in [-0.25, -0.2) is 0 Å². The zero-order chi connectivity index (χ0) is 28.5. The van der Waals surface area contributed by atoms with Crippen LogP contribution >= 0.6 is 0 Å². The molecule has 1 fully saturated rings. The monoisotopic (exact) mass is 539 g/mol. The van der Waals surface area contributed by atoms with Crippen molar-refractivity contribution >= 4 is 17.6 Å². The molecule has 212 valence electrons. The van der Waals surface area contributed by atoms with Crippen molar-refractivity contribution in [2.45, 2.75) is 90.3 Å². The Morgan fingerprint density at radius 3 is 2.46 bits per heavy atom. The fourth-order valence-corrected chi connectivity index (χ4v) is 5.82. The summed E-state index contributed by atoms with van der Waals surface area (Å²) in [6, 6.07) is 5.36. The summed E-state index contributed by atoms with van der Waals surface area (Å²) < 4.78 is 7.19. The van der Waals surface area contributed by atoms with E-state index >= 15 is 0 Å². The van der Waals surface area contributed by atoms with Crippen LogP contribution in [0, 0.1) is 6.92 Å². The normalized spacial score (nSPS) is 17.1. The number of nitrogens with zero attached hydrogens (tertiary/aromatic N) is 2. The van der Waals surface area contributed by atoms with Gasteiger partial charge in [0, 0.05) is 24.3 Å². The van der Waals surface area contributed by atoms with Gasteiger partial charge in [0.25, 0.3) is 11.5 Å². The Morgan fingerprint density at radius 1 is 1.18 bits per heavy atom. The minimum absolute atomic E-state index is 0.0176. The van der Waals surface area contributed by atoms with E-state index in [2.05, 4.69) is 10.2 Å². The van der Waals surface area contributed by atoms with Crippen LogP contribution in [0.3, 0.4) is 0 Å². The van der Waals surface area contributed by atoms with Crippen LogP contribution in [0.15, 0.2) is 23.0 Å². The van der Waals surface area contributed by atoms with Crippen LogP contribution in [-0.4, -0.2) is 57.5 Å². The van der Waals surface area contributed by atoms with Crippen molar-refractivity contribution in [2.75, 3.05) is 18.1 Å². The number of amides is 1. The highest BCUT2D eigenvalue weighted by atomic mass is 16.5. The number of carbonyl (C=O) groups is 2. The van der Waals surface area contributed by atoms with E-state index in [1.807, 2.05) is 25.1 Å². The predicted octanol–water partition coefficient (Wildman–Crippen LogP) is 3.80. The highest BCUT2D eigenvalue weighted by molar-refractivity contribution is 5.98. The zero-order valence-corrected chi connectivity index (χ0v) is 23.7. The van der Waals surface area contributed by atoms with Crippen molar-refractivity contribution in [3.63, 3.8) is 0 Å². The maximum atomic E-state index is 13.5. The van der Waals surface area contributed by atoms with Crippen LogP contribution in [0.5, 0.6) is 5.75 Å². The predicted molar refractivity (Wildman–Crippen MR) is 151 cm³/mol. The molecule has 3 N–H and O–H groups in total. The maximum absolute atomic E-state index is 13.5. The number of anilines is 1. The molecule has 39 heavy (non-hydrogen) atoms. The summed E-state index contributed by atoms with van der Waals surface area (Å²) in [7, 11) is 1.52. The number of ether oxygens (including phenoxy) is 1. The van der Waals surface area contributed by atoms with Gasteiger partial charge < -0.3 is 29.7 Å². The summed E-state index contributed by atoms with van der Waals surface area (Å²) in [5.41, 5.74) is 1.35. The lowest BCUT2D eigenvalue weighted by atomic mass is 9.92. The second-order valence-electron chi connectivity index (χ2n) is 11.5. The Balaban J connectivity index is 1.85. The SMILES string of the molecule is Cc1c(-c2ccc3c(c2)N(C(C)C(C)(C)O)CCO3)c(CC(=O)O)n(C)c(=O)c1C(=O)NC1CCCCCC1. The molecule has 4 rings (SSSR count). The average Bonchev–Trinajstić information content (AvgIpc) is 3.14. The third-order valence-corrected chi connectivity index (χ3v) is 8.33. The zero-order valence-electron chi connectivity index (χ0n) is 23.7. The molecule has 1 aromatic heterocycles. The average molecular weight is 540 g/mol. The topological polar surface area (TPSA) is 121 Å². The maximum Gasteiger partial charge on any atom is 0.309 e. The van der Waals surface area contributed by atoms with Crippen molar-refractivity contribution < 1.29 is 24.5 Å². The summed E-state index contributed by atoms with van der Waals surface area (Å²) in [6.45, 7) is 8.24. The number of carboxylic acids is 1. The second-order valence-corrected chi connectivity index (χ2v) is 11.5. The van der Waals surface area contributed by atoms with Gasteiger partial charge in [0.2, 0.25) is 0 Å². The van der Waals surface area contributed by atoms with Gasteiger partial charge in [0.05, 0.1) is 30.3 Å². The summed E-state index contributed by atoms with van der Waals surface area (Å²) in [5, 5.41) is 23.5. The summed E-state index contributed by atoms with van der Waals surface area (Å²) in [5.74, 6) is -0.823. The van der Waals surface area contributed by atoms with E-state index in [9.17, 15) is 24.6 Å². The van der Waals surface area contributed by atoms with Gasteiger partial charge in [0.15, 0.2) is 0 Å². The van der Waals surface area contributed by atoms with Crippen molar-refractivity contribution in [3.8, 4) is 16.9 Å². The van der Waals surface area contributed by atoms with Gasteiger partial charge in [-0.3, -0.25) is 14.4 Å². The Hall–Kier alpha value is -3.33. The molecule has 9 nitrogen and oxygen atoms in total. The first kappa shape index (κ1) is 28.7. The largest absolute Gasteiger partial charge is 0.490 e. The van der Waals surface area contributed by atoms with Gasteiger partial charge >= 0.3 is 5.97 Å². The molecule has 1 unspecified atom stereocenters. The van der Waals surface area contributed by atoms with E-state index < -0.39 is 23.0 Å². The van der Waals surface area contributed by atoms with Crippen LogP contribution in [0.25, 0.3) is 11.1 Å². The Kier molecular flexibility index (Phi) is 8.39. The van der Waals surface area contributed by atoms with Gasteiger partial charge in [-0.2, -0.15) is 0 Å². The third-order valence-electron chi connectivity index (χ3n) is 8.33. The molecule has 0 saturated heterocycles. The van der Waals surface area contributed by atoms with E-state index in [0.29, 0.717) is 41.3 Å². The molecule has 0 spiro atoms. The Bertz CT molecular complexity index is 1300. The van der Waals surface area contributed by atoms with Crippen molar-refractivity contribution in [2.24, 2.45) is 7.05 Å². The summed E-state index contributed by atoms with van der Waals surface area (Å²) in [6.07, 6.45) is 5.77. The number of carbonyl (C=O) groups excluding carboxylic acids is 1. The molecular formula is C30H41N3O6. The number of nitrogens with one attached hydrogen (secondary N) is 1. The molecule has 2 aliphatic rings. The molecular weight excluding hydrogens is 498 g/mol. The highest BCUT2D eigenvalue weighted by Gasteiger charge is 2.33. The van der Waals surface area contributed by atoms with Crippen LogP contribution < -0.4 is 20.5 Å². The number of aliphatic hydroxyl groups is 1. The fraction of sp³-hybridized carbons (Fsp3) is 0.567. The summed E-state index contributed by atoms with van der Waals surface area (Å²) in [4.78, 5) is 40.9. The first-order valence-corrected chi connectivity index (χ1v) is 13.9. The van der Waals surface area contributed by atoms with Crippen LogP contribution in [0.4, 0.5) is 5.69 Å². The van der Waals surface area contributed by atoms with Gasteiger partial charge in [0.1, 0.15) is 17.9 Å². The lowest BCUT2D eigenvalue weighted by Crippen LogP contribution is -2.50. The van der Waals surface area contributed by atoms with E-state index in [-0.39, 0.29) is 24.1 Å². The van der Waals surface area contributed by atoms with E-state index in [1.165, 1.54) is 11.6 Å². The van der Waals surface area contributed by atoms with Crippen molar-refractivity contribution in [1.82, 2.24) is 9.88 Å². The molecule has 1 amide bonds. The number of carboxylic acid groups (broad SMARTS) is 1. The molecule has 1 aliphatic carbocycles. The number of benzene rings is 1. The van der Waals surface area contributed by atoms with E-state index in [4.69, 9.17) is 4.74 Å². The quantitative estimate of drug-likeness (QED) is 0.458. The van der Waals surface area contributed by atoms with E-state index in [1.54, 1.807) is 20.8 Å². The molecule has 1 aromatic carbocycles. The molecule has 9 heteroatoms. The summed E-state index contributed by atoms with van der Waals surface area (Å²) >= 11 is 0. The number of fused-ring (bicyclic) bond motifs is 1. The van der Waals surface area contributed by atoms with Crippen LogP contribution in [0.2, 0.25) is 0 Å². The van der Waals surface area contributed by atoms with Crippen molar-refractivity contribution in [1.29, 1.82) is 0 Å². The first-order valence-electron chi connectivity index (χ1n) is 13.9. The van der Waals surface area contributed by atoms with Crippen LogP contribution in [0.1, 0.15) is 80.9 Å². The standard InChI is InChI=1S/C30H41N3O6/c1-18-26(20-12-13-24-22(16-20)33(14-15-39-24)19(2)30(3,4)38)23(17-25(34)35)32(5)29(37)27(18)28(36)31-21-10-8-6-7-9-11-21/h12-13,16,19,21,38H,6-11,14-15,17H2,1-5H3,(H,31,36)(H,34,35). The molecule has 1 saturated carbocycles. The number of hydrogen-bond acceptors (Lipinski definition) is 6. The first-order chi connectivity index (χ1) is 18.4. The second kappa shape index (κ2) is 11.4. The number of aromatic nitrogens is 1. The molecule has 0 radical (unpaired) electrons. The Morgan fingerprint density at radius 2 is 1.85 bits per heavy atom.